The van der Waals surface area contributed by atoms with Gasteiger partial charge in [0.15, 0.2) is 6.29 Å². The molecule has 0 aliphatic carbocycles. The SMILES string of the molecule is C=C(OCC)c1ncnc(Cl)c1C=O. The van der Waals surface area contributed by atoms with Crippen molar-refractivity contribution in [3.05, 3.63) is 29.3 Å². The van der Waals surface area contributed by atoms with Crippen LogP contribution in [0.1, 0.15) is 23.0 Å². The minimum absolute atomic E-state index is 0.103. The number of ether oxygens (including phenoxy) is 1. The molecule has 0 aliphatic rings. The first-order chi connectivity index (χ1) is 6.70. The van der Waals surface area contributed by atoms with Gasteiger partial charge in [-0.1, -0.05) is 18.2 Å². The summed E-state index contributed by atoms with van der Waals surface area (Å²) in [6.45, 7) is 5.91. The van der Waals surface area contributed by atoms with Crippen LogP contribution >= 0.6 is 11.6 Å². The van der Waals surface area contributed by atoms with E-state index in [0.717, 1.165) is 0 Å². The normalized spacial score (nSPS) is 9.57. The van der Waals surface area contributed by atoms with E-state index in [1.54, 1.807) is 0 Å². The third-order valence-electron chi connectivity index (χ3n) is 1.54. The van der Waals surface area contributed by atoms with Gasteiger partial charge in [-0.05, 0) is 6.92 Å². The van der Waals surface area contributed by atoms with E-state index in [1.165, 1.54) is 6.33 Å². The molecule has 14 heavy (non-hydrogen) atoms. The topological polar surface area (TPSA) is 52.1 Å². The fraction of sp³-hybridized carbons (Fsp3) is 0.222. The van der Waals surface area contributed by atoms with Gasteiger partial charge in [0.1, 0.15) is 22.9 Å². The second kappa shape index (κ2) is 4.72. The van der Waals surface area contributed by atoms with Crippen molar-refractivity contribution in [2.24, 2.45) is 0 Å². The first-order valence-corrected chi connectivity index (χ1v) is 4.36. The van der Waals surface area contributed by atoms with Gasteiger partial charge in [-0.15, -0.1) is 0 Å². The summed E-state index contributed by atoms with van der Waals surface area (Å²) in [6, 6.07) is 0. The predicted molar refractivity (Wildman–Crippen MR) is 53.1 cm³/mol. The molecule has 1 rings (SSSR count). The van der Waals surface area contributed by atoms with Gasteiger partial charge < -0.3 is 4.74 Å². The molecular weight excluding hydrogens is 204 g/mol. The second-order valence-corrected chi connectivity index (χ2v) is 2.76. The van der Waals surface area contributed by atoms with Crippen LogP contribution < -0.4 is 0 Å². The first-order valence-electron chi connectivity index (χ1n) is 3.98. The number of carbonyl (C=O) groups excluding carboxylic acids is 1. The number of rotatable bonds is 4. The van der Waals surface area contributed by atoms with Crippen molar-refractivity contribution < 1.29 is 9.53 Å². The summed E-state index contributed by atoms with van der Waals surface area (Å²) in [5, 5.41) is 0.103. The largest absolute Gasteiger partial charge is 0.492 e. The lowest BCUT2D eigenvalue weighted by molar-refractivity contribution is 0.112. The van der Waals surface area contributed by atoms with Gasteiger partial charge in [-0.25, -0.2) is 9.97 Å². The van der Waals surface area contributed by atoms with Crippen LogP contribution in [0.4, 0.5) is 0 Å². The second-order valence-electron chi connectivity index (χ2n) is 2.40. The summed E-state index contributed by atoms with van der Waals surface area (Å²) in [7, 11) is 0. The van der Waals surface area contributed by atoms with Gasteiger partial charge in [-0.3, -0.25) is 4.79 Å². The predicted octanol–water partition coefficient (Wildman–Crippen LogP) is 1.95. The van der Waals surface area contributed by atoms with E-state index in [1.807, 2.05) is 6.92 Å². The Bertz CT molecular complexity index is 366. The van der Waals surface area contributed by atoms with Gasteiger partial charge in [0.2, 0.25) is 0 Å². The van der Waals surface area contributed by atoms with Crippen molar-refractivity contribution in [2.45, 2.75) is 6.92 Å². The lowest BCUT2D eigenvalue weighted by Crippen LogP contribution is -2.01. The zero-order valence-electron chi connectivity index (χ0n) is 7.66. The average molecular weight is 213 g/mol. The minimum Gasteiger partial charge on any atom is -0.492 e. The van der Waals surface area contributed by atoms with E-state index in [-0.39, 0.29) is 10.7 Å². The maximum atomic E-state index is 10.7. The Morgan fingerprint density at radius 1 is 1.71 bits per heavy atom. The number of aldehydes is 1. The van der Waals surface area contributed by atoms with Gasteiger partial charge in [0, 0.05) is 0 Å². The highest BCUT2D eigenvalue weighted by Gasteiger charge is 2.12. The summed E-state index contributed by atoms with van der Waals surface area (Å²) in [4.78, 5) is 18.3. The van der Waals surface area contributed by atoms with Gasteiger partial charge in [0.05, 0.1) is 12.2 Å². The molecule has 0 saturated heterocycles. The number of halogens is 1. The van der Waals surface area contributed by atoms with Crippen molar-refractivity contribution in [2.75, 3.05) is 6.61 Å². The van der Waals surface area contributed by atoms with Gasteiger partial charge in [0.25, 0.3) is 0 Å². The molecule has 0 bridgehead atoms. The zero-order chi connectivity index (χ0) is 10.6. The molecule has 0 N–H and O–H groups in total. The molecule has 1 aromatic rings. The summed E-state index contributed by atoms with van der Waals surface area (Å²) in [5.41, 5.74) is 0.537. The smallest absolute Gasteiger partial charge is 0.155 e. The van der Waals surface area contributed by atoms with Gasteiger partial charge in [-0.2, -0.15) is 0 Å². The van der Waals surface area contributed by atoms with Crippen LogP contribution in [0.25, 0.3) is 5.76 Å². The summed E-state index contributed by atoms with van der Waals surface area (Å²) < 4.78 is 5.12. The molecule has 1 aromatic heterocycles. The Hall–Kier alpha value is -1.42. The van der Waals surface area contributed by atoms with Crippen molar-refractivity contribution in [3.63, 3.8) is 0 Å². The Morgan fingerprint density at radius 3 is 3.00 bits per heavy atom. The molecule has 0 aromatic carbocycles. The molecule has 0 unspecified atom stereocenters. The highest BCUT2D eigenvalue weighted by atomic mass is 35.5. The number of hydrogen-bond acceptors (Lipinski definition) is 4. The lowest BCUT2D eigenvalue weighted by Gasteiger charge is -2.07. The van der Waals surface area contributed by atoms with E-state index >= 15 is 0 Å². The van der Waals surface area contributed by atoms with E-state index in [9.17, 15) is 4.79 Å². The van der Waals surface area contributed by atoms with Gasteiger partial charge >= 0.3 is 0 Å². The fourth-order valence-corrected chi connectivity index (χ4v) is 1.12. The third-order valence-corrected chi connectivity index (χ3v) is 1.84. The number of aromatic nitrogens is 2. The van der Waals surface area contributed by atoms with Crippen LogP contribution in [0.2, 0.25) is 5.15 Å². The average Bonchev–Trinajstić information content (AvgIpc) is 2.17. The lowest BCUT2D eigenvalue weighted by atomic mass is 10.2. The molecule has 0 spiro atoms. The van der Waals surface area contributed by atoms with E-state index < -0.39 is 0 Å². The number of hydrogen-bond donors (Lipinski definition) is 0. The maximum absolute atomic E-state index is 10.7. The standard InChI is InChI=1S/C9H9ClN2O2/c1-3-14-6(2)8-7(4-13)9(10)12-5-11-8/h4-5H,2-3H2,1H3. The molecule has 0 aliphatic heterocycles. The highest BCUT2D eigenvalue weighted by Crippen LogP contribution is 2.19. The van der Waals surface area contributed by atoms with E-state index in [2.05, 4.69) is 16.5 Å². The summed E-state index contributed by atoms with van der Waals surface area (Å²) in [6.07, 6.45) is 1.84. The maximum Gasteiger partial charge on any atom is 0.155 e. The van der Waals surface area contributed by atoms with Crippen LogP contribution in [0.5, 0.6) is 0 Å². The fourth-order valence-electron chi connectivity index (χ4n) is 0.943. The summed E-state index contributed by atoms with van der Waals surface area (Å²) in [5.74, 6) is 0.318. The molecule has 4 nitrogen and oxygen atoms in total. The molecule has 0 atom stereocenters. The zero-order valence-corrected chi connectivity index (χ0v) is 8.41. The van der Waals surface area contributed by atoms with Crippen LogP contribution in [-0.2, 0) is 4.74 Å². The van der Waals surface area contributed by atoms with Crippen molar-refractivity contribution in [3.8, 4) is 0 Å². The van der Waals surface area contributed by atoms with Crippen LogP contribution in [0.3, 0.4) is 0 Å². The third kappa shape index (κ3) is 2.09. The molecule has 74 valence electrons. The summed E-state index contributed by atoms with van der Waals surface area (Å²) >= 11 is 5.69. The van der Waals surface area contributed by atoms with E-state index in [4.69, 9.17) is 16.3 Å². The molecule has 0 radical (unpaired) electrons. The van der Waals surface area contributed by atoms with Crippen LogP contribution in [0.15, 0.2) is 12.9 Å². The highest BCUT2D eigenvalue weighted by molar-refractivity contribution is 6.32. The Balaban J connectivity index is 3.13. The Morgan fingerprint density at radius 2 is 2.43 bits per heavy atom. The van der Waals surface area contributed by atoms with Crippen molar-refractivity contribution in [1.29, 1.82) is 0 Å². The molecule has 5 heteroatoms. The quantitative estimate of drug-likeness (QED) is 0.435. The van der Waals surface area contributed by atoms with Crippen LogP contribution in [-0.4, -0.2) is 22.9 Å². The first kappa shape index (κ1) is 10.7. The Labute approximate surface area is 86.6 Å². The van der Waals surface area contributed by atoms with E-state index in [0.29, 0.717) is 24.3 Å². The Kier molecular flexibility index (Phi) is 3.59. The molecule has 0 amide bonds. The number of nitrogens with zero attached hydrogens (tertiary/aromatic N) is 2. The molecule has 0 fully saturated rings. The number of carbonyl (C=O) groups is 1. The van der Waals surface area contributed by atoms with Crippen molar-refractivity contribution >= 4 is 23.6 Å². The molecule has 1 heterocycles. The molecule has 0 saturated carbocycles. The monoisotopic (exact) mass is 212 g/mol. The molecular formula is C9H9ClN2O2. The van der Waals surface area contributed by atoms with Crippen LogP contribution in [0, 0.1) is 0 Å². The minimum atomic E-state index is 0.103. The van der Waals surface area contributed by atoms with Crippen molar-refractivity contribution in [1.82, 2.24) is 9.97 Å².